The second-order valence-electron chi connectivity index (χ2n) is 10.8. The van der Waals surface area contributed by atoms with Crippen LogP contribution in [-0.4, -0.2) is 57.9 Å². The molecule has 1 aliphatic heterocycles. The van der Waals surface area contributed by atoms with Gasteiger partial charge in [0.1, 0.15) is 11.5 Å². The number of benzene rings is 1. The smallest absolute Gasteiger partial charge is 0.262 e. The van der Waals surface area contributed by atoms with Crippen molar-refractivity contribution in [2.75, 3.05) is 20.2 Å². The largest absolute Gasteiger partial charge is 0.496 e. The monoisotopic (exact) mass is 581 g/mol. The van der Waals surface area contributed by atoms with E-state index in [1.165, 1.54) is 0 Å². The number of primary amides is 1. The van der Waals surface area contributed by atoms with Gasteiger partial charge in [0, 0.05) is 44.9 Å². The zero-order valence-electron chi connectivity index (χ0n) is 24.8. The van der Waals surface area contributed by atoms with E-state index in [0.717, 1.165) is 61.7 Å². The first kappa shape index (κ1) is 32.7. The molecule has 1 saturated heterocycles. The number of nitrogens with two attached hydrogens (primary N) is 1. The molecule has 0 unspecified atom stereocenters. The summed E-state index contributed by atoms with van der Waals surface area (Å²) in [4.78, 5) is 38.2. The number of unbranched alkanes of at least 4 members (excludes halogenated alkanes) is 3. The molecule has 0 radical (unpaired) electrons. The first-order chi connectivity index (χ1) is 20.1. The summed E-state index contributed by atoms with van der Waals surface area (Å²) >= 11 is 0. The van der Waals surface area contributed by atoms with Crippen molar-refractivity contribution in [3.63, 3.8) is 0 Å². The molecule has 3 heterocycles. The van der Waals surface area contributed by atoms with Crippen LogP contribution in [0, 0.1) is 5.41 Å². The van der Waals surface area contributed by atoms with Crippen LogP contribution in [0.2, 0.25) is 0 Å². The molecule has 11 nitrogen and oxygen atoms in total. The summed E-state index contributed by atoms with van der Waals surface area (Å²) in [5.74, 6) is 1.59. The van der Waals surface area contributed by atoms with E-state index in [4.69, 9.17) is 20.3 Å². The molecule has 1 amide bonds. The van der Waals surface area contributed by atoms with E-state index in [1.54, 1.807) is 37.1 Å². The summed E-state index contributed by atoms with van der Waals surface area (Å²) in [6, 6.07) is 7.17. The maximum absolute atomic E-state index is 11.9. The molecule has 4 rings (SSSR count). The van der Waals surface area contributed by atoms with Crippen LogP contribution in [0.15, 0.2) is 39.7 Å². The highest BCUT2D eigenvalue weighted by atomic mass is 16.5. The van der Waals surface area contributed by atoms with E-state index >= 15 is 0 Å². The van der Waals surface area contributed by atoms with Crippen molar-refractivity contribution in [3.05, 3.63) is 46.7 Å². The van der Waals surface area contributed by atoms with Gasteiger partial charge in [-0.3, -0.25) is 19.8 Å². The number of ether oxygens (including phenoxy) is 1. The van der Waals surface area contributed by atoms with E-state index in [9.17, 15) is 19.5 Å². The number of rotatable bonds is 13. The lowest BCUT2D eigenvalue weighted by atomic mass is 9.87. The van der Waals surface area contributed by atoms with Gasteiger partial charge >= 0.3 is 0 Å². The topological polar surface area (TPSA) is 174 Å². The number of nitrogens with one attached hydrogen (secondary N) is 2. The predicted molar refractivity (Wildman–Crippen MR) is 162 cm³/mol. The van der Waals surface area contributed by atoms with Crippen LogP contribution in [0.25, 0.3) is 22.2 Å². The number of ketones is 1. The van der Waals surface area contributed by atoms with Crippen LogP contribution < -0.4 is 21.3 Å². The van der Waals surface area contributed by atoms with E-state index in [1.807, 2.05) is 19.1 Å². The van der Waals surface area contributed by atoms with Crippen molar-refractivity contribution in [2.45, 2.75) is 76.7 Å². The number of methoxy groups -OCH3 is 1. The lowest BCUT2D eigenvalue weighted by Crippen LogP contribution is -2.44. The fourth-order valence-electron chi connectivity index (χ4n) is 4.93. The molecular weight excluding hydrogens is 538 g/mol. The highest BCUT2D eigenvalue weighted by Crippen LogP contribution is 2.34. The molecule has 3 aromatic rings. The Labute approximate surface area is 246 Å². The van der Waals surface area contributed by atoms with Gasteiger partial charge in [-0.25, -0.2) is 4.98 Å². The van der Waals surface area contributed by atoms with Crippen molar-refractivity contribution in [1.29, 1.82) is 5.41 Å². The number of piperidine rings is 1. The van der Waals surface area contributed by atoms with E-state index in [2.05, 4.69) is 10.3 Å². The zero-order valence-corrected chi connectivity index (χ0v) is 24.8. The first-order valence-electron chi connectivity index (χ1n) is 14.5. The first-order valence-corrected chi connectivity index (χ1v) is 14.5. The number of aliphatic hydroxyl groups is 1. The van der Waals surface area contributed by atoms with Crippen LogP contribution in [-0.2, 0) is 23.1 Å². The normalized spacial score (nSPS) is 14.2. The molecule has 0 atom stereocenters. The predicted octanol–water partition coefficient (Wildman–Crippen LogP) is 3.67. The van der Waals surface area contributed by atoms with Crippen LogP contribution in [0.4, 0.5) is 0 Å². The van der Waals surface area contributed by atoms with Crippen LogP contribution >= 0.6 is 0 Å². The molecule has 42 heavy (non-hydrogen) atoms. The molecule has 228 valence electrons. The minimum Gasteiger partial charge on any atom is -0.496 e. The van der Waals surface area contributed by atoms with E-state index < -0.39 is 11.5 Å². The van der Waals surface area contributed by atoms with Gasteiger partial charge in [-0.15, -0.1) is 0 Å². The molecule has 1 fully saturated rings. The van der Waals surface area contributed by atoms with E-state index in [-0.39, 0.29) is 17.7 Å². The van der Waals surface area contributed by atoms with Gasteiger partial charge in [0.05, 0.1) is 35.7 Å². The molecule has 11 heteroatoms. The van der Waals surface area contributed by atoms with Gasteiger partial charge in [0.25, 0.3) is 11.5 Å². The number of fused-ring (bicyclic) bond motifs is 1. The van der Waals surface area contributed by atoms with Gasteiger partial charge in [-0.05, 0) is 56.3 Å². The average Bonchev–Trinajstić information content (AvgIpc) is 3.45. The summed E-state index contributed by atoms with van der Waals surface area (Å²) in [5, 5.41) is 21.2. The fraction of sp³-hybridized carbons (Fsp3) is 0.516. The van der Waals surface area contributed by atoms with Crippen LogP contribution in [0.3, 0.4) is 0 Å². The number of carbonyl (C=O) groups excluding carboxylic acids is 2. The molecule has 1 aromatic carbocycles. The van der Waals surface area contributed by atoms with Gasteiger partial charge in [0.15, 0.2) is 11.7 Å². The number of aryl methyl sites for hydroxylation is 2. The molecule has 2 aromatic heterocycles. The van der Waals surface area contributed by atoms with Gasteiger partial charge in [-0.1, -0.05) is 19.8 Å². The number of amides is 1. The third kappa shape index (κ3) is 9.09. The van der Waals surface area contributed by atoms with Crippen molar-refractivity contribution in [1.82, 2.24) is 14.9 Å². The minimum absolute atomic E-state index is 0.0617. The maximum Gasteiger partial charge on any atom is 0.262 e. The third-order valence-electron chi connectivity index (χ3n) is 7.59. The number of pyridine rings is 1. The Morgan fingerprint density at radius 2 is 1.90 bits per heavy atom. The van der Waals surface area contributed by atoms with E-state index in [0.29, 0.717) is 48.9 Å². The molecular formula is C31H43N5O6. The number of oxazole rings is 1. The Hall–Kier alpha value is -3.83. The number of hydrogen-bond donors (Lipinski definition) is 4. The van der Waals surface area contributed by atoms with Crippen molar-refractivity contribution in [2.24, 2.45) is 12.8 Å². The Morgan fingerprint density at radius 1 is 1.19 bits per heavy atom. The van der Waals surface area contributed by atoms with Gasteiger partial charge in [0.2, 0.25) is 0 Å². The van der Waals surface area contributed by atoms with Crippen molar-refractivity contribution < 1.29 is 23.8 Å². The molecule has 0 aliphatic carbocycles. The number of aromatic nitrogens is 2. The second-order valence-corrected chi connectivity index (χ2v) is 10.8. The summed E-state index contributed by atoms with van der Waals surface area (Å²) in [6.07, 6.45) is 9.08. The summed E-state index contributed by atoms with van der Waals surface area (Å²) < 4.78 is 13.1. The fourth-order valence-corrected chi connectivity index (χ4v) is 4.93. The van der Waals surface area contributed by atoms with Crippen molar-refractivity contribution in [3.8, 4) is 17.1 Å². The molecule has 0 bridgehead atoms. The Morgan fingerprint density at radius 3 is 2.57 bits per heavy atom. The summed E-state index contributed by atoms with van der Waals surface area (Å²) in [7, 11) is 3.35. The third-order valence-corrected chi connectivity index (χ3v) is 7.59. The SMILES string of the molecule is CCC(=O)CCCCCCc1ncc(-c2cc3ccc(=O)n(C)c3cc2OC)o1.N=C(CC1(O)CCNCC1)C(N)=O. The number of carbonyl (C=O) groups is 2. The highest BCUT2D eigenvalue weighted by Gasteiger charge is 2.31. The maximum atomic E-state index is 11.9. The van der Waals surface area contributed by atoms with Crippen LogP contribution in [0.1, 0.15) is 70.6 Å². The van der Waals surface area contributed by atoms with Crippen molar-refractivity contribution >= 4 is 28.3 Å². The Kier molecular flexibility index (Phi) is 12.0. The summed E-state index contributed by atoms with van der Waals surface area (Å²) in [5.41, 5.74) is 5.38. The molecule has 0 saturated carbocycles. The Balaban J connectivity index is 0.000000312. The number of hydrogen-bond acceptors (Lipinski definition) is 9. The lowest BCUT2D eigenvalue weighted by molar-refractivity contribution is -0.118. The van der Waals surface area contributed by atoms with Gasteiger partial charge in [-0.2, -0.15) is 0 Å². The number of nitrogens with zero attached hydrogens (tertiary/aromatic N) is 2. The minimum atomic E-state index is -0.905. The highest BCUT2D eigenvalue weighted by molar-refractivity contribution is 6.37. The molecule has 0 spiro atoms. The average molecular weight is 582 g/mol. The number of Topliss-reactive ketones (excluding diaryl/α,β-unsaturated/α-hetero) is 1. The second kappa shape index (κ2) is 15.4. The Bertz CT molecular complexity index is 1440. The lowest BCUT2D eigenvalue weighted by Gasteiger charge is -2.32. The quantitative estimate of drug-likeness (QED) is 0.175. The standard InChI is InChI=1S/C23H28N2O4.C8H15N3O2/c1-4-17(26)9-7-5-6-8-10-22-24-15-21(29-22)18-13-16-11-12-23(27)25(2)19(16)14-20(18)28-3;9-6(7(10)12)5-8(13)1-3-11-4-2-8/h11-15H,4-10H2,1-3H3;9,11,13H,1-5H2,(H2,10,12). The molecule has 1 aliphatic rings. The summed E-state index contributed by atoms with van der Waals surface area (Å²) in [6.45, 7) is 3.36. The zero-order chi connectivity index (χ0) is 30.7. The molecule has 5 N–H and O–H groups in total. The van der Waals surface area contributed by atoms with Crippen LogP contribution in [0.5, 0.6) is 5.75 Å². The van der Waals surface area contributed by atoms with Gasteiger partial charge < -0.3 is 29.9 Å².